The van der Waals surface area contributed by atoms with Gasteiger partial charge in [0.15, 0.2) is 9.84 Å². The quantitative estimate of drug-likeness (QED) is 0.903. The van der Waals surface area contributed by atoms with E-state index in [9.17, 15) is 8.42 Å². The molecule has 1 aromatic rings. The lowest BCUT2D eigenvalue weighted by molar-refractivity contribution is 0.497. The number of nitrogens with two attached hydrogens (primary N) is 1. The molecule has 1 saturated heterocycles. The van der Waals surface area contributed by atoms with Crippen LogP contribution in [-0.4, -0.2) is 26.5 Å². The molecular formula is C14H21NO2S. The average molecular weight is 267 g/mol. The molecule has 2 rings (SSSR count). The molecule has 1 aromatic carbocycles. The van der Waals surface area contributed by atoms with Crippen LogP contribution in [0.2, 0.25) is 0 Å². The van der Waals surface area contributed by atoms with E-state index in [1.807, 2.05) is 0 Å². The molecule has 0 amide bonds. The van der Waals surface area contributed by atoms with Crippen molar-refractivity contribution >= 4 is 9.84 Å². The Morgan fingerprint density at radius 1 is 1.33 bits per heavy atom. The predicted octanol–water partition coefficient (Wildman–Crippen LogP) is 1.73. The summed E-state index contributed by atoms with van der Waals surface area (Å²) < 4.78 is 23.0. The number of sulfone groups is 1. The zero-order chi connectivity index (χ0) is 13.2. The summed E-state index contributed by atoms with van der Waals surface area (Å²) in [4.78, 5) is 0. The van der Waals surface area contributed by atoms with Crippen LogP contribution >= 0.6 is 0 Å². The molecule has 2 atom stereocenters. The lowest BCUT2D eigenvalue weighted by Crippen LogP contribution is -2.12. The molecule has 0 saturated carbocycles. The van der Waals surface area contributed by atoms with E-state index in [1.165, 1.54) is 11.1 Å². The van der Waals surface area contributed by atoms with E-state index in [0.717, 1.165) is 12.8 Å². The van der Waals surface area contributed by atoms with Crippen molar-refractivity contribution in [3.8, 4) is 0 Å². The first-order valence-corrected chi connectivity index (χ1v) is 8.33. The van der Waals surface area contributed by atoms with Gasteiger partial charge in [0.2, 0.25) is 0 Å². The van der Waals surface area contributed by atoms with Gasteiger partial charge < -0.3 is 5.73 Å². The fourth-order valence-electron chi connectivity index (χ4n) is 2.64. The van der Waals surface area contributed by atoms with E-state index in [1.54, 1.807) is 0 Å². The first-order chi connectivity index (χ1) is 8.52. The highest BCUT2D eigenvalue weighted by Gasteiger charge is 2.32. The first kappa shape index (κ1) is 13.6. The summed E-state index contributed by atoms with van der Waals surface area (Å²) in [5.74, 6) is 1.29. The second-order valence-electron chi connectivity index (χ2n) is 5.23. The molecular weight excluding hydrogens is 246 g/mol. The Kier molecular flexibility index (Phi) is 4.07. The van der Waals surface area contributed by atoms with Crippen molar-refractivity contribution < 1.29 is 8.42 Å². The zero-order valence-electron chi connectivity index (χ0n) is 10.8. The number of benzene rings is 1. The van der Waals surface area contributed by atoms with Gasteiger partial charge in [0, 0.05) is 0 Å². The SMILES string of the molecule is CC(c1ccc(CCN)cc1)C1CCS(=O)(=O)C1. The van der Waals surface area contributed by atoms with Gasteiger partial charge in [-0.3, -0.25) is 0 Å². The number of rotatable bonds is 4. The maximum atomic E-state index is 11.5. The minimum atomic E-state index is -2.78. The van der Waals surface area contributed by atoms with Crippen molar-refractivity contribution in [1.29, 1.82) is 0 Å². The smallest absolute Gasteiger partial charge is 0.150 e. The predicted molar refractivity (Wildman–Crippen MR) is 74.4 cm³/mol. The van der Waals surface area contributed by atoms with Crippen molar-refractivity contribution in [2.45, 2.75) is 25.7 Å². The third-order valence-corrected chi connectivity index (χ3v) is 5.71. The Morgan fingerprint density at radius 2 is 2.00 bits per heavy atom. The second kappa shape index (κ2) is 5.41. The average Bonchev–Trinajstić information content (AvgIpc) is 2.70. The lowest BCUT2D eigenvalue weighted by Gasteiger charge is -2.18. The Bertz CT molecular complexity index is 493. The fourth-order valence-corrected chi connectivity index (χ4v) is 4.58. The number of hydrogen-bond acceptors (Lipinski definition) is 3. The van der Waals surface area contributed by atoms with Crippen LogP contribution < -0.4 is 5.73 Å². The summed E-state index contributed by atoms with van der Waals surface area (Å²) in [5, 5.41) is 0. The highest BCUT2D eigenvalue weighted by atomic mass is 32.2. The highest BCUT2D eigenvalue weighted by Crippen LogP contribution is 2.32. The Labute approximate surface area is 109 Å². The normalized spacial score (nSPS) is 24.0. The lowest BCUT2D eigenvalue weighted by atomic mass is 9.87. The summed E-state index contributed by atoms with van der Waals surface area (Å²) in [6.45, 7) is 2.79. The maximum absolute atomic E-state index is 11.5. The zero-order valence-corrected chi connectivity index (χ0v) is 11.6. The molecule has 0 aromatic heterocycles. The summed E-state index contributed by atoms with van der Waals surface area (Å²) in [5.41, 5.74) is 8.00. The minimum Gasteiger partial charge on any atom is -0.330 e. The van der Waals surface area contributed by atoms with Crippen molar-refractivity contribution in [2.24, 2.45) is 11.7 Å². The Hall–Kier alpha value is -0.870. The van der Waals surface area contributed by atoms with E-state index < -0.39 is 9.84 Å². The minimum absolute atomic E-state index is 0.273. The second-order valence-corrected chi connectivity index (χ2v) is 7.46. The van der Waals surface area contributed by atoms with Gasteiger partial charge in [0.05, 0.1) is 11.5 Å². The van der Waals surface area contributed by atoms with Crippen LogP contribution in [0.5, 0.6) is 0 Å². The third kappa shape index (κ3) is 3.12. The van der Waals surface area contributed by atoms with Gasteiger partial charge in [-0.05, 0) is 42.3 Å². The van der Waals surface area contributed by atoms with Crippen LogP contribution in [0.4, 0.5) is 0 Å². The molecule has 0 aliphatic carbocycles. The van der Waals surface area contributed by atoms with Crippen LogP contribution in [0.3, 0.4) is 0 Å². The molecule has 0 spiro atoms. The van der Waals surface area contributed by atoms with Gasteiger partial charge in [-0.1, -0.05) is 31.2 Å². The Balaban J connectivity index is 2.07. The molecule has 0 radical (unpaired) electrons. The monoisotopic (exact) mass is 267 g/mol. The summed E-state index contributed by atoms with van der Waals surface area (Å²) in [6.07, 6.45) is 1.69. The number of hydrogen-bond donors (Lipinski definition) is 1. The summed E-state index contributed by atoms with van der Waals surface area (Å²) in [7, 11) is -2.78. The molecule has 1 heterocycles. The molecule has 1 fully saturated rings. The third-order valence-electron chi connectivity index (χ3n) is 3.91. The van der Waals surface area contributed by atoms with Crippen LogP contribution in [0, 0.1) is 5.92 Å². The van der Waals surface area contributed by atoms with Crippen molar-refractivity contribution in [3.05, 3.63) is 35.4 Å². The van der Waals surface area contributed by atoms with E-state index in [-0.39, 0.29) is 5.92 Å². The molecule has 18 heavy (non-hydrogen) atoms. The molecule has 0 bridgehead atoms. The van der Waals surface area contributed by atoms with Crippen molar-refractivity contribution in [1.82, 2.24) is 0 Å². The molecule has 2 unspecified atom stereocenters. The molecule has 4 heteroatoms. The standard InChI is InChI=1S/C14H21NO2S/c1-11(14-7-9-18(16,17)10-14)13-4-2-12(3-5-13)6-8-15/h2-5,11,14H,6-10,15H2,1H3. The topological polar surface area (TPSA) is 60.2 Å². The van der Waals surface area contributed by atoms with Crippen molar-refractivity contribution in [2.75, 3.05) is 18.1 Å². The molecule has 3 nitrogen and oxygen atoms in total. The molecule has 2 N–H and O–H groups in total. The van der Waals surface area contributed by atoms with E-state index in [2.05, 4.69) is 31.2 Å². The van der Waals surface area contributed by atoms with Crippen LogP contribution in [0.25, 0.3) is 0 Å². The van der Waals surface area contributed by atoms with Gasteiger partial charge in [0.1, 0.15) is 0 Å². The van der Waals surface area contributed by atoms with Crippen LogP contribution in [0.1, 0.15) is 30.4 Å². The van der Waals surface area contributed by atoms with Crippen LogP contribution in [-0.2, 0) is 16.3 Å². The maximum Gasteiger partial charge on any atom is 0.150 e. The van der Waals surface area contributed by atoms with Gasteiger partial charge in [0.25, 0.3) is 0 Å². The summed E-state index contributed by atoms with van der Waals surface area (Å²) in [6, 6.07) is 8.42. The molecule has 100 valence electrons. The fraction of sp³-hybridized carbons (Fsp3) is 0.571. The van der Waals surface area contributed by atoms with Crippen LogP contribution in [0.15, 0.2) is 24.3 Å². The van der Waals surface area contributed by atoms with Gasteiger partial charge in [-0.15, -0.1) is 0 Å². The van der Waals surface area contributed by atoms with E-state index >= 15 is 0 Å². The highest BCUT2D eigenvalue weighted by molar-refractivity contribution is 7.91. The van der Waals surface area contributed by atoms with Gasteiger partial charge >= 0.3 is 0 Å². The molecule has 1 aliphatic rings. The summed E-state index contributed by atoms with van der Waals surface area (Å²) >= 11 is 0. The largest absolute Gasteiger partial charge is 0.330 e. The van der Waals surface area contributed by atoms with Gasteiger partial charge in [-0.25, -0.2) is 8.42 Å². The first-order valence-electron chi connectivity index (χ1n) is 6.51. The Morgan fingerprint density at radius 3 is 2.50 bits per heavy atom. The van der Waals surface area contributed by atoms with E-state index in [0.29, 0.717) is 24.0 Å². The van der Waals surface area contributed by atoms with Gasteiger partial charge in [-0.2, -0.15) is 0 Å². The van der Waals surface area contributed by atoms with E-state index in [4.69, 9.17) is 5.73 Å². The van der Waals surface area contributed by atoms with Crippen molar-refractivity contribution in [3.63, 3.8) is 0 Å². The molecule has 1 aliphatic heterocycles.